The summed E-state index contributed by atoms with van der Waals surface area (Å²) in [6.45, 7) is 7.41. The number of hydrogen-bond donors (Lipinski definition) is 0. The summed E-state index contributed by atoms with van der Waals surface area (Å²) in [5.41, 5.74) is 0.462. The highest BCUT2D eigenvalue weighted by Gasteiger charge is 2.22. The van der Waals surface area contributed by atoms with Crippen molar-refractivity contribution in [3.05, 3.63) is 24.3 Å². The maximum Gasteiger partial charge on any atom is 0.232 e. The van der Waals surface area contributed by atoms with E-state index in [0.717, 1.165) is 6.26 Å². The molecular formula is C16H26N2O4S. The van der Waals surface area contributed by atoms with E-state index in [9.17, 15) is 13.2 Å². The highest BCUT2D eigenvalue weighted by atomic mass is 32.2. The minimum absolute atomic E-state index is 0.0578. The van der Waals surface area contributed by atoms with Crippen LogP contribution in [0, 0.1) is 0 Å². The van der Waals surface area contributed by atoms with Crippen molar-refractivity contribution in [2.75, 3.05) is 36.8 Å². The van der Waals surface area contributed by atoms with Crippen molar-refractivity contribution >= 4 is 21.6 Å². The van der Waals surface area contributed by atoms with Gasteiger partial charge in [0.25, 0.3) is 0 Å². The van der Waals surface area contributed by atoms with Crippen LogP contribution in [0.5, 0.6) is 5.75 Å². The van der Waals surface area contributed by atoms with Gasteiger partial charge in [-0.2, -0.15) is 0 Å². The summed E-state index contributed by atoms with van der Waals surface area (Å²) in [6, 6.07) is 6.95. The first-order valence-electron chi connectivity index (χ1n) is 7.82. The van der Waals surface area contributed by atoms with E-state index >= 15 is 0 Å². The molecule has 0 aliphatic rings. The summed E-state index contributed by atoms with van der Waals surface area (Å²) in [5, 5.41) is 0. The smallest absolute Gasteiger partial charge is 0.232 e. The number of nitrogens with zero attached hydrogens (tertiary/aromatic N) is 2. The molecule has 23 heavy (non-hydrogen) atoms. The van der Waals surface area contributed by atoms with Crippen LogP contribution in [0.15, 0.2) is 24.3 Å². The largest absolute Gasteiger partial charge is 0.492 e. The summed E-state index contributed by atoms with van der Waals surface area (Å²) in [6.07, 6.45) is 1.27. The van der Waals surface area contributed by atoms with E-state index in [2.05, 4.69) is 0 Å². The second kappa shape index (κ2) is 8.76. The molecule has 0 aromatic heterocycles. The Hall–Kier alpha value is -1.76. The summed E-state index contributed by atoms with van der Waals surface area (Å²) >= 11 is 0. The molecule has 0 atom stereocenters. The zero-order valence-electron chi connectivity index (χ0n) is 14.3. The van der Waals surface area contributed by atoms with E-state index in [0.29, 0.717) is 31.1 Å². The third-order valence-corrected chi connectivity index (χ3v) is 4.66. The van der Waals surface area contributed by atoms with Crippen LogP contribution in [0.4, 0.5) is 5.69 Å². The monoisotopic (exact) mass is 342 g/mol. The molecule has 0 aliphatic carbocycles. The van der Waals surface area contributed by atoms with Gasteiger partial charge in [-0.05, 0) is 32.9 Å². The molecule has 1 amide bonds. The second-order valence-corrected chi connectivity index (χ2v) is 6.96. The number of benzene rings is 1. The third kappa shape index (κ3) is 5.42. The number of hydrogen-bond acceptors (Lipinski definition) is 4. The Morgan fingerprint density at radius 2 is 1.74 bits per heavy atom. The Kier molecular flexibility index (Phi) is 7.35. The minimum atomic E-state index is -3.51. The number of rotatable bonds is 9. The fourth-order valence-corrected chi connectivity index (χ4v) is 3.27. The van der Waals surface area contributed by atoms with Gasteiger partial charge < -0.3 is 9.64 Å². The van der Waals surface area contributed by atoms with E-state index in [1.54, 1.807) is 29.2 Å². The first-order chi connectivity index (χ1) is 10.8. The highest BCUT2D eigenvalue weighted by Crippen LogP contribution is 2.30. The number of carbonyl (C=O) groups excluding carboxylic acids is 1. The lowest BCUT2D eigenvalue weighted by Crippen LogP contribution is -2.36. The predicted molar refractivity (Wildman–Crippen MR) is 92.3 cm³/mol. The van der Waals surface area contributed by atoms with Gasteiger partial charge >= 0.3 is 0 Å². The van der Waals surface area contributed by atoms with Gasteiger partial charge in [-0.1, -0.05) is 12.1 Å². The maximum absolute atomic E-state index is 12.2. The lowest BCUT2D eigenvalue weighted by Gasteiger charge is -2.26. The number of amides is 1. The van der Waals surface area contributed by atoms with Gasteiger partial charge in [0.05, 0.1) is 18.6 Å². The summed E-state index contributed by atoms with van der Waals surface area (Å²) in [4.78, 5) is 13.8. The topological polar surface area (TPSA) is 66.9 Å². The quantitative estimate of drug-likeness (QED) is 0.689. The van der Waals surface area contributed by atoms with E-state index in [1.165, 1.54) is 4.31 Å². The fraction of sp³-hybridized carbons (Fsp3) is 0.562. The van der Waals surface area contributed by atoms with Crippen LogP contribution in [0.25, 0.3) is 0 Å². The van der Waals surface area contributed by atoms with E-state index in [1.807, 2.05) is 20.8 Å². The first-order valence-corrected chi connectivity index (χ1v) is 9.67. The minimum Gasteiger partial charge on any atom is -0.492 e. The van der Waals surface area contributed by atoms with Crippen LogP contribution in [0.3, 0.4) is 0 Å². The van der Waals surface area contributed by atoms with Crippen LogP contribution in [-0.4, -0.2) is 51.7 Å². The number of carbonyl (C=O) groups is 1. The molecule has 1 rings (SSSR count). The average Bonchev–Trinajstić information content (AvgIpc) is 2.49. The Morgan fingerprint density at radius 3 is 2.26 bits per heavy atom. The zero-order valence-corrected chi connectivity index (χ0v) is 15.1. The van der Waals surface area contributed by atoms with E-state index in [4.69, 9.17) is 4.74 Å². The number of para-hydroxylation sites is 2. The summed E-state index contributed by atoms with van der Waals surface area (Å²) in [7, 11) is -3.51. The van der Waals surface area contributed by atoms with E-state index in [-0.39, 0.29) is 18.9 Å². The van der Waals surface area contributed by atoms with Crippen LogP contribution in [0.1, 0.15) is 27.2 Å². The standard InChI is InChI=1S/C16H26N2O4S/c1-5-17(6-2)16(19)12-13-18(23(4,20)21)14-10-8-9-11-15(14)22-7-3/h8-11H,5-7,12-13H2,1-4H3. The molecule has 0 N–H and O–H groups in total. The van der Waals surface area contributed by atoms with Gasteiger partial charge in [0.2, 0.25) is 15.9 Å². The van der Waals surface area contributed by atoms with Crippen molar-refractivity contribution in [1.82, 2.24) is 4.90 Å². The molecule has 130 valence electrons. The Labute approximate surface area is 139 Å². The molecule has 0 aliphatic heterocycles. The highest BCUT2D eigenvalue weighted by molar-refractivity contribution is 7.92. The summed E-state index contributed by atoms with van der Waals surface area (Å²) in [5.74, 6) is 0.438. The summed E-state index contributed by atoms with van der Waals surface area (Å²) < 4.78 is 31.1. The van der Waals surface area contributed by atoms with E-state index < -0.39 is 10.0 Å². The van der Waals surface area contributed by atoms with Crippen LogP contribution < -0.4 is 9.04 Å². The number of sulfonamides is 1. The number of anilines is 1. The third-order valence-electron chi connectivity index (χ3n) is 3.48. The van der Waals surface area contributed by atoms with Gasteiger partial charge in [-0.15, -0.1) is 0 Å². The molecule has 0 saturated carbocycles. The molecule has 0 unspecified atom stereocenters. The van der Waals surface area contributed by atoms with Crippen molar-refractivity contribution in [1.29, 1.82) is 0 Å². The van der Waals surface area contributed by atoms with Gasteiger partial charge in [-0.3, -0.25) is 9.10 Å². The Morgan fingerprint density at radius 1 is 1.13 bits per heavy atom. The van der Waals surface area contributed by atoms with Gasteiger partial charge in [0.1, 0.15) is 5.75 Å². The van der Waals surface area contributed by atoms with Gasteiger partial charge in [-0.25, -0.2) is 8.42 Å². The molecule has 1 aromatic carbocycles. The average molecular weight is 342 g/mol. The fourth-order valence-electron chi connectivity index (χ4n) is 2.34. The SMILES string of the molecule is CCOc1ccccc1N(CCC(=O)N(CC)CC)S(C)(=O)=O. The molecule has 6 nitrogen and oxygen atoms in total. The van der Waals surface area contributed by atoms with Crippen LogP contribution >= 0.6 is 0 Å². The molecular weight excluding hydrogens is 316 g/mol. The molecule has 0 heterocycles. The zero-order chi connectivity index (χ0) is 17.5. The molecule has 1 aromatic rings. The van der Waals surface area contributed by atoms with Gasteiger partial charge in [0, 0.05) is 26.1 Å². The van der Waals surface area contributed by atoms with Crippen LogP contribution in [-0.2, 0) is 14.8 Å². The van der Waals surface area contributed by atoms with Crippen molar-refractivity contribution in [3.63, 3.8) is 0 Å². The maximum atomic E-state index is 12.2. The predicted octanol–water partition coefficient (Wildman–Crippen LogP) is 2.11. The molecule has 0 saturated heterocycles. The van der Waals surface area contributed by atoms with Crippen molar-refractivity contribution < 1.29 is 17.9 Å². The van der Waals surface area contributed by atoms with Crippen molar-refractivity contribution in [3.8, 4) is 5.75 Å². The first kappa shape index (κ1) is 19.3. The Balaban J connectivity index is 3.02. The molecule has 0 radical (unpaired) electrons. The second-order valence-electron chi connectivity index (χ2n) is 5.05. The van der Waals surface area contributed by atoms with Crippen molar-refractivity contribution in [2.24, 2.45) is 0 Å². The lowest BCUT2D eigenvalue weighted by atomic mass is 10.2. The van der Waals surface area contributed by atoms with Crippen molar-refractivity contribution in [2.45, 2.75) is 27.2 Å². The molecule has 0 bridgehead atoms. The Bertz CT molecular complexity index is 612. The van der Waals surface area contributed by atoms with Crippen LogP contribution in [0.2, 0.25) is 0 Å². The molecule has 0 spiro atoms. The molecule has 0 fully saturated rings. The molecule has 7 heteroatoms. The lowest BCUT2D eigenvalue weighted by molar-refractivity contribution is -0.130. The number of ether oxygens (including phenoxy) is 1. The normalized spacial score (nSPS) is 11.1. The van der Waals surface area contributed by atoms with Gasteiger partial charge in [0.15, 0.2) is 0 Å².